The number of rotatable bonds is 3. The van der Waals surface area contributed by atoms with Gasteiger partial charge in [-0.1, -0.05) is 11.3 Å². The van der Waals surface area contributed by atoms with Crippen LogP contribution in [0.3, 0.4) is 0 Å². The zero-order chi connectivity index (χ0) is 14.9. The van der Waals surface area contributed by atoms with Crippen molar-refractivity contribution < 1.29 is 0 Å². The molecule has 1 N–H and O–H groups in total. The molecule has 0 aliphatic heterocycles. The van der Waals surface area contributed by atoms with E-state index in [1.165, 1.54) is 0 Å². The van der Waals surface area contributed by atoms with Gasteiger partial charge in [-0.05, 0) is 45.0 Å². The number of hydrogen-bond acceptors (Lipinski definition) is 4. The fourth-order valence-corrected chi connectivity index (χ4v) is 2.07. The predicted octanol–water partition coefficient (Wildman–Crippen LogP) is 2.70. The quantitative estimate of drug-likeness (QED) is 0.802. The molecule has 0 saturated heterocycles. The van der Waals surface area contributed by atoms with Crippen LogP contribution >= 0.6 is 0 Å². The maximum absolute atomic E-state index is 4.32. The van der Waals surface area contributed by atoms with E-state index in [9.17, 15) is 0 Å². The Balaban J connectivity index is 1.84. The van der Waals surface area contributed by atoms with Gasteiger partial charge >= 0.3 is 0 Å². The number of aromatic nitrogens is 4. The van der Waals surface area contributed by atoms with Crippen molar-refractivity contribution in [3.8, 4) is 5.69 Å². The lowest BCUT2D eigenvalue weighted by atomic mass is 10.1. The number of fused-ring (bicyclic) bond motifs is 1. The summed E-state index contributed by atoms with van der Waals surface area (Å²) in [6, 6.07) is 10.1. The predicted molar refractivity (Wildman–Crippen MR) is 83.3 cm³/mol. The number of hydrogen-bond donors (Lipinski definition) is 1. The molecule has 108 valence electrons. The number of pyridine rings is 1. The molecule has 5 nitrogen and oxygen atoms in total. The van der Waals surface area contributed by atoms with E-state index in [1.807, 2.05) is 30.5 Å². The summed E-state index contributed by atoms with van der Waals surface area (Å²) in [6.45, 7) is 7.11. The number of nitrogens with zero attached hydrogens (tertiary/aromatic N) is 4. The summed E-state index contributed by atoms with van der Waals surface area (Å²) in [5.74, 6) is 0. The van der Waals surface area contributed by atoms with Gasteiger partial charge in [0.2, 0.25) is 0 Å². The molecular weight excluding hydrogens is 262 g/mol. The summed E-state index contributed by atoms with van der Waals surface area (Å²) < 4.78 is 1.80. The van der Waals surface area contributed by atoms with Gasteiger partial charge in [0.05, 0.1) is 23.1 Å². The van der Waals surface area contributed by atoms with Crippen LogP contribution in [0.5, 0.6) is 0 Å². The average Bonchev–Trinajstić information content (AvgIpc) is 2.93. The normalized spacial score (nSPS) is 12.0. The van der Waals surface area contributed by atoms with Crippen LogP contribution in [-0.2, 0) is 6.54 Å². The van der Waals surface area contributed by atoms with Crippen LogP contribution in [0.25, 0.3) is 16.6 Å². The van der Waals surface area contributed by atoms with Gasteiger partial charge in [-0.15, -0.1) is 5.10 Å². The van der Waals surface area contributed by atoms with Crippen molar-refractivity contribution in [2.45, 2.75) is 32.9 Å². The SMILES string of the molecule is CC(C)(C)NCc1cn(-c2ccc3ncccc3c2)nn1. The maximum Gasteiger partial charge on any atom is 0.0969 e. The topological polar surface area (TPSA) is 55.6 Å². The molecule has 0 saturated carbocycles. The molecule has 0 atom stereocenters. The largest absolute Gasteiger partial charge is 0.306 e. The molecule has 0 aliphatic carbocycles. The third-order valence-corrected chi connectivity index (χ3v) is 3.19. The lowest BCUT2D eigenvalue weighted by Crippen LogP contribution is -2.35. The smallest absolute Gasteiger partial charge is 0.0969 e. The van der Waals surface area contributed by atoms with Crippen molar-refractivity contribution in [1.82, 2.24) is 25.3 Å². The summed E-state index contributed by atoms with van der Waals surface area (Å²) in [5, 5.41) is 12.9. The zero-order valence-corrected chi connectivity index (χ0v) is 12.5. The van der Waals surface area contributed by atoms with Crippen LogP contribution in [0.2, 0.25) is 0 Å². The van der Waals surface area contributed by atoms with E-state index in [4.69, 9.17) is 0 Å². The first-order valence-corrected chi connectivity index (χ1v) is 7.03. The highest BCUT2D eigenvalue weighted by molar-refractivity contribution is 5.80. The van der Waals surface area contributed by atoms with Crippen LogP contribution in [0.1, 0.15) is 26.5 Å². The van der Waals surface area contributed by atoms with Crippen molar-refractivity contribution in [3.63, 3.8) is 0 Å². The Kier molecular flexibility index (Phi) is 3.43. The number of nitrogens with one attached hydrogen (secondary N) is 1. The van der Waals surface area contributed by atoms with E-state index >= 15 is 0 Å². The fourth-order valence-electron chi connectivity index (χ4n) is 2.07. The minimum atomic E-state index is 0.0679. The minimum absolute atomic E-state index is 0.0679. The zero-order valence-electron chi connectivity index (χ0n) is 12.5. The highest BCUT2D eigenvalue weighted by atomic mass is 15.4. The Morgan fingerprint density at radius 1 is 1.19 bits per heavy atom. The molecule has 2 heterocycles. The summed E-state index contributed by atoms with van der Waals surface area (Å²) in [6.07, 6.45) is 3.75. The highest BCUT2D eigenvalue weighted by Gasteiger charge is 2.10. The third-order valence-electron chi connectivity index (χ3n) is 3.19. The molecule has 0 radical (unpaired) electrons. The molecule has 0 aliphatic rings. The Bertz CT molecular complexity index is 754. The molecule has 3 rings (SSSR count). The lowest BCUT2D eigenvalue weighted by molar-refractivity contribution is 0.421. The Hall–Kier alpha value is -2.27. The lowest BCUT2D eigenvalue weighted by Gasteiger charge is -2.19. The van der Waals surface area contributed by atoms with Crippen LogP contribution in [0.15, 0.2) is 42.7 Å². The van der Waals surface area contributed by atoms with Gasteiger partial charge in [0, 0.05) is 23.7 Å². The monoisotopic (exact) mass is 281 g/mol. The molecule has 0 bridgehead atoms. The van der Waals surface area contributed by atoms with Gasteiger partial charge in [0.1, 0.15) is 0 Å². The molecule has 0 unspecified atom stereocenters. The van der Waals surface area contributed by atoms with Crippen molar-refractivity contribution in [3.05, 3.63) is 48.4 Å². The van der Waals surface area contributed by atoms with Gasteiger partial charge in [0.15, 0.2) is 0 Å². The highest BCUT2D eigenvalue weighted by Crippen LogP contribution is 2.16. The minimum Gasteiger partial charge on any atom is -0.306 e. The van der Waals surface area contributed by atoms with Crippen LogP contribution in [-0.4, -0.2) is 25.5 Å². The Morgan fingerprint density at radius 3 is 2.86 bits per heavy atom. The average molecular weight is 281 g/mol. The molecule has 0 amide bonds. The summed E-state index contributed by atoms with van der Waals surface area (Å²) in [5.41, 5.74) is 2.97. The molecule has 3 aromatic rings. The summed E-state index contributed by atoms with van der Waals surface area (Å²) in [4.78, 5) is 4.32. The van der Waals surface area contributed by atoms with Gasteiger partial charge in [-0.3, -0.25) is 4.98 Å². The van der Waals surface area contributed by atoms with E-state index in [-0.39, 0.29) is 5.54 Å². The van der Waals surface area contributed by atoms with E-state index in [0.717, 1.165) is 22.3 Å². The van der Waals surface area contributed by atoms with Gasteiger partial charge in [-0.25, -0.2) is 4.68 Å². The first-order chi connectivity index (χ1) is 10.0. The third kappa shape index (κ3) is 3.25. The molecule has 5 heteroatoms. The van der Waals surface area contributed by atoms with Gasteiger partial charge in [-0.2, -0.15) is 0 Å². The van der Waals surface area contributed by atoms with Crippen LogP contribution < -0.4 is 5.32 Å². The first kappa shape index (κ1) is 13.7. The van der Waals surface area contributed by atoms with E-state index < -0.39 is 0 Å². The van der Waals surface area contributed by atoms with Crippen molar-refractivity contribution >= 4 is 10.9 Å². The Morgan fingerprint density at radius 2 is 2.05 bits per heavy atom. The summed E-state index contributed by atoms with van der Waals surface area (Å²) >= 11 is 0. The molecule has 2 aromatic heterocycles. The van der Waals surface area contributed by atoms with Crippen molar-refractivity contribution in [2.75, 3.05) is 0 Å². The van der Waals surface area contributed by atoms with Crippen LogP contribution in [0.4, 0.5) is 0 Å². The van der Waals surface area contributed by atoms with E-state index in [0.29, 0.717) is 6.54 Å². The summed E-state index contributed by atoms with van der Waals surface area (Å²) in [7, 11) is 0. The van der Waals surface area contributed by atoms with Gasteiger partial charge in [0.25, 0.3) is 0 Å². The molecule has 1 aromatic carbocycles. The molecule has 0 fully saturated rings. The second-order valence-corrected chi connectivity index (χ2v) is 6.14. The Labute approximate surface area is 124 Å². The molecule has 21 heavy (non-hydrogen) atoms. The maximum atomic E-state index is 4.32. The van der Waals surface area contributed by atoms with Crippen LogP contribution in [0, 0.1) is 0 Å². The first-order valence-electron chi connectivity index (χ1n) is 7.03. The standard InChI is InChI=1S/C16H19N5/c1-16(2,3)18-10-13-11-21(20-19-13)14-6-7-15-12(9-14)5-4-8-17-15/h4-9,11,18H,10H2,1-3H3. The van der Waals surface area contributed by atoms with Crippen molar-refractivity contribution in [2.24, 2.45) is 0 Å². The molecule has 0 spiro atoms. The van der Waals surface area contributed by atoms with Crippen molar-refractivity contribution in [1.29, 1.82) is 0 Å². The number of benzene rings is 1. The second-order valence-electron chi connectivity index (χ2n) is 6.14. The molecular formula is C16H19N5. The van der Waals surface area contributed by atoms with Gasteiger partial charge < -0.3 is 5.32 Å². The van der Waals surface area contributed by atoms with E-state index in [2.05, 4.69) is 47.5 Å². The fraction of sp³-hybridized carbons (Fsp3) is 0.312. The van der Waals surface area contributed by atoms with E-state index in [1.54, 1.807) is 10.9 Å². The second kappa shape index (κ2) is 5.26.